The molecule has 3 N–H and O–H groups in total. The van der Waals surface area contributed by atoms with Crippen LogP contribution in [0.3, 0.4) is 0 Å². The van der Waals surface area contributed by atoms with Gasteiger partial charge >= 0.3 is 11.9 Å². The van der Waals surface area contributed by atoms with Crippen molar-refractivity contribution in [2.45, 2.75) is 0 Å². The van der Waals surface area contributed by atoms with Gasteiger partial charge in [0.15, 0.2) is 0 Å². The van der Waals surface area contributed by atoms with E-state index >= 15 is 0 Å². The van der Waals surface area contributed by atoms with Crippen molar-refractivity contribution >= 4 is 91.1 Å². The highest BCUT2D eigenvalue weighted by molar-refractivity contribution is 14.1. The number of nitriles is 2. The standard InChI is InChI=1S/C11H3I3N4O4/c12-6-4(10(19)20)7(13)9(8(14)5(6)11(21)22)18-17-3(1-15)2-16/h18H,(H,19,20)(H,21,22). The molecule has 0 radical (unpaired) electrons. The molecule has 0 fully saturated rings. The van der Waals surface area contributed by atoms with Crippen molar-refractivity contribution in [1.82, 2.24) is 0 Å². The molecule has 0 saturated carbocycles. The van der Waals surface area contributed by atoms with Gasteiger partial charge in [0.1, 0.15) is 12.1 Å². The molecule has 0 aliphatic heterocycles. The van der Waals surface area contributed by atoms with E-state index in [2.05, 4.69) is 10.5 Å². The van der Waals surface area contributed by atoms with E-state index in [4.69, 9.17) is 10.5 Å². The predicted octanol–water partition coefficient (Wildman–Crippen LogP) is 2.71. The van der Waals surface area contributed by atoms with Gasteiger partial charge in [-0.2, -0.15) is 15.6 Å². The second kappa shape index (κ2) is 7.88. The largest absolute Gasteiger partial charge is 0.478 e. The van der Waals surface area contributed by atoms with Crippen LogP contribution in [0.25, 0.3) is 0 Å². The van der Waals surface area contributed by atoms with Crippen LogP contribution in [0, 0.1) is 33.4 Å². The highest BCUT2D eigenvalue weighted by atomic mass is 127. The number of aromatic carboxylic acids is 2. The van der Waals surface area contributed by atoms with E-state index in [1.165, 1.54) is 12.1 Å². The minimum atomic E-state index is -1.29. The van der Waals surface area contributed by atoms with E-state index in [-0.39, 0.29) is 27.5 Å². The van der Waals surface area contributed by atoms with E-state index in [0.29, 0.717) is 0 Å². The predicted molar refractivity (Wildman–Crippen MR) is 101 cm³/mol. The number of rotatable bonds is 4. The molecule has 0 unspecified atom stereocenters. The molecule has 0 amide bonds. The summed E-state index contributed by atoms with van der Waals surface area (Å²) in [4.78, 5) is 22.7. The van der Waals surface area contributed by atoms with Crippen LogP contribution in [0.1, 0.15) is 20.7 Å². The Labute approximate surface area is 164 Å². The molecule has 0 bridgehead atoms. The van der Waals surface area contributed by atoms with Crippen LogP contribution in [0.4, 0.5) is 5.69 Å². The van der Waals surface area contributed by atoms with Crippen molar-refractivity contribution in [2.75, 3.05) is 5.43 Å². The number of carboxylic acid groups (broad SMARTS) is 2. The van der Waals surface area contributed by atoms with Crippen molar-refractivity contribution in [1.29, 1.82) is 10.5 Å². The quantitative estimate of drug-likeness (QED) is 0.262. The minimum absolute atomic E-state index is 0.0849. The maximum atomic E-state index is 11.4. The summed E-state index contributed by atoms with van der Waals surface area (Å²) in [7, 11) is 0. The zero-order chi connectivity index (χ0) is 17.0. The van der Waals surface area contributed by atoms with Gasteiger partial charge in [-0.25, -0.2) is 9.59 Å². The highest BCUT2D eigenvalue weighted by Crippen LogP contribution is 2.35. The second-order valence-corrected chi connectivity index (χ2v) is 6.71. The number of anilines is 1. The normalized spacial score (nSPS) is 9.32. The van der Waals surface area contributed by atoms with Crippen LogP contribution in [0.5, 0.6) is 0 Å². The van der Waals surface area contributed by atoms with Gasteiger partial charge in [0.25, 0.3) is 0 Å². The summed E-state index contributed by atoms with van der Waals surface area (Å²) in [6.45, 7) is 0. The molecular weight excluding hydrogens is 633 g/mol. The van der Waals surface area contributed by atoms with Gasteiger partial charge in [0.05, 0.1) is 24.0 Å². The molecule has 0 saturated heterocycles. The maximum absolute atomic E-state index is 11.4. The Kier molecular flexibility index (Phi) is 6.75. The Hall–Kier alpha value is -1.20. The molecule has 22 heavy (non-hydrogen) atoms. The molecule has 0 aliphatic carbocycles. The van der Waals surface area contributed by atoms with E-state index in [9.17, 15) is 19.8 Å². The van der Waals surface area contributed by atoms with Gasteiger partial charge in [0.2, 0.25) is 5.71 Å². The highest BCUT2D eigenvalue weighted by Gasteiger charge is 2.27. The van der Waals surface area contributed by atoms with Crippen LogP contribution < -0.4 is 5.43 Å². The first-order chi connectivity index (χ1) is 10.3. The molecule has 8 nitrogen and oxygen atoms in total. The summed E-state index contributed by atoms with van der Waals surface area (Å²) in [5.74, 6) is -2.58. The van der Waals surface area contributed by atoms with E-state index in [1.807, 2.05) is 0 Å². The van der Waals surface area contributed by atoms with Gasteiger partial charge in [-0.05, 0) is 67.8 Å². The van der Waals surface area contributed by atoms with Crippen molar-refractivity contribution in [3.05, 3.63) is 21.8 Å². The first-order valence-electron chi connectivity index (χ1n) is 5.07. The van der Waals surface area contributed by atoms with Gasteiger partial charge in [-0.1, -0.05) is 0 Å². The lowest BCUT2D eigenvalue weighted by Gasteiger charge is -2.14. The summed E-state index contributed by atoms with van der Waals surface area (Å²) in [5, 5.41) is 39.3. The van der Waals surface area contributed by atoms with Gasteiger partial charge < -0.3 is 10.2 Å². The molecule has 0 aromatic heterocycles. The third-order valence-electron chi connectivity index (χ3n) is 2.24. The Morgan fingerprint density at radius 1 is 0.955 bits per heavy atom. The number of hydrogen-bond donors (Lipinski definition) is 3. The lowest BCUT2D eigenvalue weighted by Crippen LogP contribution is -2.15. The Morgan fingerprint density at radius 2 is 1.36 bits per heavy atom. The Balaban J connectivity index is 3.69. The number of carboxylic acids is 2. The Bertz CT molecular complexity index is 735. The third kappa shape index (κ3) is 3.76. The van der Waals surface area contributed by atoms with Crippen molar-refractivity contribution in [3.8, 4) is 12.1 Å². The zero-order valence-electron chi connectivity index (χ0n) is 10.2. The molecule has 1 rings (SSSR count). The number of halogens is 3. The number of nitrogens with zero attached hydrogens (tertiary/aromatic N) is 3. The van der Waals surface area contributed by atoms with Gasteiger partial charge in [-0.3, -0.25) is 5.43 Å². The second-order valence-electron chi connectivity index (χ2n) is 3.47. The zero-order valence-corrected chi connectivity index (χ0v) is 16.7. The molecular formula is C11H3I3N4O4. The van der Waals surface area contributed by atoms with Gasteiger partial charge in [-0.15, -0.1) is 0 Å². The van der Waals surface area contributed by atoms with Crippen LogP contribution in [-0.2, 0) is 0 Å². The number of carbonyl (C=O) groups is 2. The van der Waals surface area contributed by atoms with Crippen LogP contribution in [0.2, 0.25) is 0 Å². The monoisotopic (exact) mass is 636 g/mol. The van der Waals surface area contributed by atoms with Crippen molar-refractivity contribution < 1.29 is 19.8 Å². The molecule has 0 atom stereocenters. The van der Waals surface area contributed by atoms with Crippen LogP contribution in [0.15, 0.2) is 5.10 Å². The average Bonchev–Trinajstić information content (AvgIpc) is 2.41. The fourth-order valence-corrected chi connectivity index (χ4v) is 5.65. The van der Waals surface area contributed by atoms with Crippen molar-refractivity contribution in [2.24, 2.45) is 5.10 Å². The summed E-state index contributed by atoms with van der Waals surface area (Å²) in [5.41, 5.74) is 1.66. The first-order valence-corrected chi connectivity index (χ1v) is 8.30. The molecule has 11 heteroatoms. The van der Waals surface area contributed by atoms with Gasteiger partial charge in [0, 0.05) is 3.57 Å². The van der Waals surface area contributed by atoms with E-state index in [1.54, 1.807) is 67.8 Å². The molecule has 0 aliphatic rings. The molecule has 112 valence electrons. The summed E-state index contributed by atoms with van der Waals surface area (Å²) in [6, 6.07) is 3.07. The fourth-order valence-electron chi connectivity index (χ4n) is 1.32. The average molecular weight is 636 g/mol. The number of hydrogen-bond acceptors (Lipinski definition) is 6. The van der Waals surface area contributed by atoms with Crippen molar-refractivity contribution in [3.63, 3.8) is 0 Å². The summed E-state index contributed by atoms with van der Waals surface area (Å²) >= 11 is 5.13. The summed E-state index contributed by atoms with van der Waals surface area (Å²) < 4.78 is 0.535. The topological polar surface area (TPSA) is 147 Å². The van der Waals surface area contributed by atoms with Crippen LogP contribution >= 0.6 is 67.8 Å². The minimum Gasteiger partial charge on any atom is -0.478 e. The van der Waals surface area contributed by atoms with E-state index in [0.717, 1.165) is 0 Å². The molecule has 0 heterocycles. The fraction of sp³-hybridized carbons (Fsp3) is 0. The molecule has 1 aromatic carbocycles. The smallest absolute Gasteiger partial charge is 0.337 e. The maximum Gasteiger partial charge on any atom is 0.337 e. The number of nitrogens with one attached hydrogen (secondary N) is 1. The number of hydrazone groups is 1. The first kappa shape index (κ1) is 18.8. The third-order valence-corrected chi connectivity index (χ3v) is 5.47. The van der Waals surface area contributed by atoms with E-state index < -0.39 is 17.7 Å². The molecule has 0 spiro atoms. The molecule has 1 aromatic rings. The lowest BCUT2D eigenvalue weighted by atomic mass is 10.1. The lowest BCUT2D eigenvalue weighted by molar-refractivity contribution is 0.0694. The number of benzene rings is 1. The van der Waals surface area contributed by atoms with Crippen LogP contribution in [-0.4, -0.2) is 27.9 Å². The summed E-state index contributed by atoms with van der Waals surface area (Å²) in [6.07, 6.45) is 0. The Morgan fingerprint density at radius 3 is 1.68 bits per heavy atom. The SMILES string of the molecule is N#CC(C#N)=NNc1c(I)c(C(=O)O)c(I)c(C(=O)O)c1I.